The quantitative estimate of drug-likeness (QED) is 0.623. The molecule has 1 heterocycles. The van der Waals surface area contributed by atoms with Crippen LogP contribution in [0, 0.1) is 0 Å². The Labute approximate surface area is 144 Å². The van der Waals surface area contributed by atoms with Gasteiger partial charge in [-0.15, -0.1) is 4.72 Å². The Hall–Kier alpha value is -0.413. The van der Waals surface area contributed by atoms with Crippen molar-refractivity contribution in [1.29, 1.82) is 0 Å². The fourth-order valence-electron chi connectivity index (χ4n) is 1.60. The molecule has 1 aromatic heterocycles. The molecule has 0 saturated carbocycles. The number of nitrogens with one attached hydrogen (secondary N) is 1. The molecule has 1 unspecified atom stereocenters. The van der Waals surface area contributed by atoms with Crippen molar-refractivity contribution in [2.75, 3.05) is 6.61 Å². The molecule has 0 fully saturated rings. The first-order chi connectivity index (χ1) is 10.3. The van der Waals surface area contributed by atoms with Crippen LogP contribution >= 0.6 is 0 Å². The highest BCUT2D eigenvalue weighted by Crippen LogP contribution is 2.37. The summed E-state index contributed by atoms with van der Waals surface area (Å²) in [7, 11) is -0.0542. The van der Waals surface area contributed by atoms with Crippen molar-refractivity contribution in [1.82, 2.24) is 19.5 Å². The van der Waals surface area contributed by atoms with Crippen molar-refractivity contribution in [3.63, 3.8) is 0 Å². The molecule has 1 rings (SSSR count). The van der Waals surface area contributed by atoms with Crippen molar-refractivity contribution in [3.05, 3.63) is 12.2 Å². The monoisotopic (exact) mass is 360 g/mol. The number of hydrogen-bond donors (Lipinski definition) is 1. The molecule has 1 N–H and O–H groups in total. The van der Waals surface area contributed by atoms with Crippen LogP contribution in [0.3, 0.4) is 0 Å². The van der Waals surface area contributed by atoms with E-state index in [-0.39, 0.29) is 15.8 Å². The minimum atomic E-state index is -1.89. The highest BCUT2D eigenvalue weighted by Gasteiger charge is 2.39. The number of aryl methyl sites for hydroxylation is 1. The standard InChI is InChI=1S/C15H32N4O2SSi/c1-14(2,3)22(20)18-12(13-16-11-17-19(13)7)10-21-23(8,9)15(4,5)6/h11-12,18H,10H2,1-9H3/t12-,22?/m0/s1. The maximum Gasteiger partial charge on any atom is 0.192 e. The number of aromatic nitrogens is 3. The van der Waals surface area contributed by atoms with E-state index >= 15 is 0 Å². The number of hydrogen-bond acceptors (Lipinski definition) is 5. The molecule has 0 aliphatic heterocycles. The van der Waals surface area contributed by atoms with Gasteiger partial charge in [0.05, 0.1) is 6.61 Å². The number of rotatable bonds is 6. The second-order valence-electron chi connectivity index (χ2n) is 8.36. The molecule has 23 heavy (non-hydrogen) atoms. The zero-order valence-electron chi connectivity index (χ0n) is 15.9. The van der Waals surface area contributed by atoms with Gasteiger partial charge in [0.2, 0.25) is 0 Å². The largest absolute Gasteiger partial charge is 0.598 e. The van der Waals surface area contributed by atoms with Crippen LogP contribution in [0.5, 0.6) is 0 Å². The van der Waals surface area contributed by atoms with Crippen molar-refractivity contribution < 1.29 is 8.98 Å². The zero-order chi connectivity index (χ0) is 18.1. The molecule has 0 saturated heterocycles. The molecule has 1 aromatic rings. The molecular weight excluding hydrogens is 328 g/mol. The second-order valence-corrected chi connectivity index (χ2v) is 15.2. The lowest BCUT2D eigenvalue weighted by Gasteiger charge is -2.37. The Bertz CT molecular complexity index is 508. The normalized spacial score (nSPS) is 16.4. The van der Waals surface area contributed by atoms with Gasteiger partial charge in [0, 0.05) is 18.4 Å². The van der Waals surface area contributed by atoms with E-state index in [4.69, 9.17) is 4.43 Å². The minimum absolute atomic E-state index is 0.126. The van der Waals surface area contributed by atoms with Crippen molar-refractivity contribution in [3.8, 4) is 0 Å². The Morgan fingerprint density at radius 1 is 1.30 bits per heavy atom. The topological polar surface area (TPSA) is 75.0 Å². The summed E-state index contributed by atoms with van der Waals surface area (Å²) < 4.78 is 23.3. The summed E-state index contributed by atoms with van der Waals surface area (Å²) in [6.45, 7) is 17.3. The van der Waals surface area contributed by atoms with Gasteiger partial charge in [-0.05, 0) is 38.9 Å². The SMILES string of the molecule is Cn1ncnc1[C@H](CO[Si](C)(C)C(C)(C)C)N[S+]([O-])C(C)(C)C. The summed E-state index contributed by atoms with van der Waals surface area (Å²) in [6.07, 6.45) is 1.51. The smallest absolute Gasteiger partial charge is 0.192 e. The molecule has 0 aliphatic rings. The second kappa shape index (κ2) is 7.22. The summed E-state index contributed by atoms with van der Waals surface area (Å²) in [5.41, 5.74) is 0. The van der Waals surface area contributed by atoms with Crippen LogP contribution < -0.4 is 4.72 Å². The molecule has 6 nitrogen and oxygen atoms in total. The fraction of sp³-hybridized carbons (Fsp3) is 0.867. The molecule has 2 atom stereocenters. The molecule has 0 aromatic carbocycles. The van der Waals surface area contributed by atoms with Gasteiger partial charge in [0.15, 0.2) is 14.1 Å². The Kier molecular flexibility index (Phi) is 6.48. The van der Waals surface area contributed by atoms with Gasteiger partial charge >= 0.3 is 0 Å². The van der Waals surface area contributed by atoms with Gasteiger partial charge < -0.3 is 8.98 Å². The third-order valence-electron chi connectivity index (χ3n) is 4.28. The highest BCUT2D eigenvalue weighted by atomic mass is 32.2. The summed E-state index contributed by atoms with van der Waals surface area (Å²) in [6, 6.07) is -0.253. The first-order valence-corrected chi connectivity index (χ1v) is 12.0. The van der Waals surface area contributed by atoms with Crippen molar-refractivity contribution >= 4 is 19.7 Å². The summed E-state index contributed by atoms with van der Waals surface area (Å²) in [5.74, 6) is 0.737. The molecule has 0 bridgehead atoms. The highest BCUT2D eigenvalue weighted by molar-refractivity contribution is 7.90. The summed E-state index contributed by atoms with van der Waals surface area (Å²) in [5, 5.41) is 4.25. The zero-order valence-corrected chi connectivity index (χ0v) is 17.7. The predicted molar refractivity (Wildman–Crippen MR) is 97.9 cm³/mol. The molecule has 0 amide bonds. The van der Waals surface area contributed by atoms with E-state index in [1.54, 1.807) is 4.68 Å². The maximum absolute atomic E-state index is 12.5. The predicted octanol–water partition coefficient (Wildman–Crippen LogP) is 2.93. The molecule has 0 aliphatic carbocycles. The van der Waals surface area contributed by atoms with Crippen LogP contribution in [-0.4, -0.2) is 39.0 Å². The lowest BCUT2D eigenvalue weighted by atomic mass is 10.2. The maximum atomic E-state index is 12.5. The van der Waals surface area contributed by atoms with E-state index in [2.05, 4.69) is 48.7 Å². The Balaban J connectivity index is 2.92. The average molecular weight is 361 g/mol. The first kappa shape index (κ1) is 20.6. The van der Waals surface area contributed by atoms with E-state index in [0.717, 1.165) is 5.82 Å². The number of nitrogens with zero attached hydrogens (tertiary/aromatic N) is 3. The van der Waals surface area contributed by atoms with Crippen LogP contribution in [0.25, 0.3) is 0 Å². The molecule has 134 valence electrons. The Morgan fingerprint density at radius 3 is 2.26 bits per heavy atom. The lowest BCUT2D eigenvalue weighted by Crippen LogP contribution is -2.46. The van der Waals surface area contributed by atoms with Crippen LogP contribution in [0.4, 0.5) is 0 Å². The minimum Gasteiger partial charge on any atom is -0.598 e. The first-order valence-electron chi connectivity index (χ1n) is 7.91. The molecule has 8 heteroatoms. The lowest BCUT2D eigenvalue weighted by molar-refractivity contribution is 0.249. The summed E-state index contributed by atoms with van der Waals surface area (Å²) >= 11 is -1.21. The molecule has 0 spiro atoms. The third-order valence-corrected chi connectivity index (χ3v) is 10.4. The van der Waals surface area contributed by atoms with E-state index in [0.29, 0.717) is 6.61 Å². The van der Waals surface area contributed by atoms with Gasteiger partial charge in [-0.3, -0.25) is 4.68 Å². The van der Waals surface area contributed by atoms with E-state index in [1.807, 2.05) is 27.8 Å². The van der Waals surface area contributed by atoms with Gasteiger partial charge in [-0.1, -0.05) is 20.8 Å². The van der Waals surface area contributed by atoms with Gasteiger partial charge in [-0.25, -0.2) is 4.98 Å². The van der Waals surface area contributed by atoms with Crippen LogP contribution in [-0.2, 0) is 22.8 Å². The third kappa shape index (κ3) is 5.56. The molecular formula is C15H32N4O2SSi. The fourth-order valence-corrected chi connectivity index (χ4v) is 3.40. The van der Waals surface area contributed by atoms with E-state index < -0.39 is 19.7 Å². The van der Waals surface area contributed by atoms with Gasteiger partial charge in [0.25, 0.3) is 0 Å². The van der Waals surface area contributed by atoms with Crippen LogP contribution in [0.1, 0.15) is 53.4 Å². The van der Waals surface area contributed by atoms with E-state index in [1.165, 1.54) is 6.33 Å². The molecule has 0 radical (unpaired) electrons. The van der Waals surface area contributed by atoms with E-state index in [9.17, 15) is 4.55 Å². The van der Waals surface area contributed by atoms with Crippen LogP contribution in [0.15, 0.2) is 6.33 Å². The van der Waals surface area contributed by atoms with Gasteiger partial charge in [0.1, 0.15) is 17.1 Å². The van der Waals surface area contributed by atoms with Crippen molar-refractivity contribution in [2.45, 2.75) is 70.5 Å². The summed E-state index contributed by atoms with van der Waals surface area (Å²) in [4.78, 5) is 4.30. The van der Waals surface area contributed by atoms with Gasteiger partial charge in [-0.2, -0.15) is 5.10 Å². The van der Waals surface area contributed by atoms with Crippen LogP contribution in [0.2, 0.25) is 18.1 Å². The van der Waals surface area contributed by atoms with Crippen molar-refractivity contribution in [2.24, 2.45) is 7.05 Å². The average Bonchev–Trinajstić information content (AvgIpc) is 2.77. The Morgan fingerprint density at radius 2 is 1.87 bits per heavy atom.